The molecule has 0 aliphatic heterocycles. The van der Waals surface area contributed by atoms with E-state index in [1.807, 2.05) is 24.3 Å². The summed E-state index contributed by atoms with van der Waals surface area (Å²) in [6, 6.07) is 14.3. The Morgan fingerprint density at radius 1 is 1.16 bits per heavy atom. The summed E-state index contributed by atoms with van der Waals surface area (Å²) in [5.41, 5.74) is 3.04. The van der Waals surface area contributed by atoms with E-state index in [1.165, 1.54) is 23.1 Å². The Morgan fingerprint density at radius 3 is 2.60 bits per heavy atom. The Labute approximate surface area is 153 Å². The molecule has 0 radical (unpaired) electrons. The van der Waals surface area contributed by atoms with Gasteiger partial charge in [-0.25, -0.2) is 4.39 Å². The van der Waals surface area contributed by atoms with E-state index in [-0.39, 0.29) is 24.3 Å². The third kappa shape index (κ3) is 3.87. The van der Waals surface area contributed by atoms with E-state index in [4.69, 9.17) is 0 Å². The molecule has 3 rings (SSSR count). The summed E-state index contributed by atoms with van der Waals surface area (Å²) < 4.78 is 15.8. The van der Waals surface area contributed by atoms with Crippen LogP contribution in [0.25, 0.3) is 10.9 Å². The number of benzene rings is 2. The molecule has 2 N–H and O–H groups in total. The third-order valence-electron chi connectivity index (χ3n) is 4.47. The van der Waals surface area contributed by atoms with E-state index in [0.717, 1.165) is 17.5 Å². The van der Waals surface area contributed by atoms with Crippen LogP contribution in [0.4, 0.5) is 4.39 Å². The fraction of sp³-hybridized carbons (Fsp3) is 0.300. The standard InChI is InChI=1S/C20H23FN2O.ClH/c1-3-14-13-23(18-10-5-4-9-17(14)18)20(19(24)12-22-2)15-7-6-8-16(21)11-15;/h4-11,13,19-20,22,24H,3,12H2,1-2H3;1H/t19-,20+;/m1./s1. The molecule has 3 aromatic rings. The number of likely N-dealkylation sites (N-methyl/N-ethyl adjacent to an activating group) is 1. The van der Waals surface area contributed by atoms with Gasteiger partial charge in [0.1, 0.15) is 5.82 Å². The SMILES string of the molecule is CCc1cn([C@@H](c2cccc(F)c2)[C@H](O)CNC)c2ccccc12.Cl. The van der Waals surface area contributed by atoms with Crippen LogP contribution in [0.5, 0.6) is 0 Å². The number of aromatic nitrogens is 1. The van der Waals surface area contributed by atoms with Crippen LogP contribution >= 0.6 is 12.4 Å². The number of nitrogens with one attached hydrogen (secondary N) is 1. The van der Waals surface area contributed by atoms with Crippen LogP contribution in [-0.2, 0) is 6.42 Å². The summed E-state index contributed by atoms with van der Waals surface area (Å²) in [4.78, 5) is 0. The van der Waals surface area contributed by atoms with Crippen LogP contribution in [-0.4, -0.2) is 29.4 Å². The minimum atomic E-state index is -0.669. The average molecular weight is 363 g/mol. The molecule has 1 aromatic heterocycles. The van der Waals surface area contributed by atoms with Crippen LogP contribution in [0, 0.1) is 5.82 Å². The summed E-state index contributed by atoms with van der Waals surface area (Å²) in [5.74, 6) is -0.290. The van der Waals surface area contributed by atoms with Crippen molar-refractivity contribution >= 4 is 23.3 Å². The normalized spacial score (nSPS) is 13.4. The Balaban J connectivity index is 0.00000225. The maximum atomic E-state index is 13.8. The second-order valence-electron chi connectivity index (χ2n) is 6.06. The number of hydrogen-bond donors (Lipinski definition) is 2. The van der Waals surface area contributed by atoms with Crippen molar-refractivity contribution in [3.8, 4) is 0 Å². The van der Waals surface area contributed by atoms with E-state index in [9.17, 15) is 9.50 Å². The maximum Gasteiger partial charge on any atom is 0.123 e. The molecule has 0 saturated carbocycles. The summed E-state index contributed by atoms with van der Waals surface area (Å²) >= 11 is 0. The number of fused-ring (bicyclic) bond motifs is 1. The highest BCUT2D eigenvalue weighted by molar-refractivity contribution is 5.85. The van der Waals surface area contributed by atoms with Crippen LogP contribution in [0.2, 0.25) is 0 Å². The van der Waals surface area contributed by atoms with Crippen molar-refractivity contribution in [1.82, 2.24) is 9.88 Å². The number of halogens is 2. The maximum absolute atomic E-state index is 13.8. The average Bonchev–Trinajstić information content (AvgIpc) is 2.94. The van der Waals surface area contributed by atoms with E-state index < -0.39 is 6.10 Å². The van der Waals surface area contributed by atoms with E-state index in [2.05, 4.69) is 29.1 Å². The molecule has 0 aliphatic carbocycles. The molecule has 0 fully saturated rings. The van der Waals surface area contributed by atoms with Gasteiger partial charge in [-0.15, -0.1) is 12.4 Å². The molecule has 2 aromatic carbocycles. The van der Waals surface area contributed by atoms with Crippen molar-refractivity contribution in [1.29, 1.82) is 0 Å². The lowest BCUT2D eigenvalue weighted by Crippen LogP contribution is -2.33. The van der Waals surface area contributed by atoms with Gasteiger partial charge in [-0.1, -0.05) is 37.3 Å². The highest BCUT2D eigenvalue weighted by Gasteiger charge is 2.25. The minimum absolute atomic E-state index is 0. The van der Waals surface area contributed by atoms with Crippen LogP contribution in [0.1, 0.15) is 24.1 Å². The molecule has 0 unspecified atom stereocenters. The van der Waals surface area contributed by atoms with Crippen LogP contribution < -0.4 is 5.32 Å². The number of aryl methyl sites for hydroxylation is 1. The molecular weight excluding hydrogens is 339 g/mol. The second-order valence-corrected chi connectivity index (χ2v) is 6.06. The first-order valence-corrected chi connectivity index (χ1v) is 8.32. The van der Waals surface area contributed by atoms with Crippen molar-refractivity contribution in [2.45, 2.75) is 25.5 Å². The molecule has 0 saturated heterocycles. The zero-order chi connectivity index (χ0) is 17.1. The van der Waals surface area contributed by atoms with Crippen molar-refractivity contribution in [3.05, 3.63) is 71.7 Å². The number of hydrogen-bond acceptors (Lipinski definition) is 2. The van der Waals surface area contributed by atoms with Gasteiger partial charge in [0.25, 0.3) is 0 Å². The Kier molecular flexibility index (Phi) is 6.59. The largest absolute Gasteiger partial charge is 0.389 e. The summed E-state index contributed by atoms with van der Waals surface area (Å²) in [6.45, 7) is 2.54. The van der Waals surface area contributed by atoms with Crippen molar-refractivity contribution in [3.63, 3.8) is 0 Å². The lowest BCUT2D eigenvalue weighted by molar-refractivity contribution is 0.132. The molecule has 0 bridgehead atoms. The van der Waals surface area contributed by atoms with Gasteiger partial charge in [-0.3, -0.25) is 0 Å². The second kappa shape index (κ2) is 8.48. The van der Waals surface area contributed by atoms with E-state index >= 15 is 0 Å². The fourth-order valence-corrected chi connectivity index (χ4v) is 3.37. The zero-order valence-corrected chi connectivity index (χ0v) is 15.3. The first-order valence-electron chi connectivity index (χ1n) is 8.32. The molecule has 3 nitrogen and oxygen atoms in total. The Morgan fingerprint density at radius 2 is 1.92 bits per heavy atom. The molecule has 1 heterocycles. The monoisotopic (exact) mass is 362 g/mol. The van der Waals surface area contributed by atoms with Gasteiger partial charge in [-0.05, 0) is 42.8 Å². The van der Waals surface area contributed by atoms with Crippen LogP contribution in [0.3, 0.4) is 0 Å². The van der Waals surface area contributed by atoms with Crippen molar-refractivity contribution in [2.75, 3.05) is 13.6 Å². The molecule has 25 heavy (non-hydrogen) atoms. The molecule has 5 heteroatoms. The molecule has 134 valence electrons. The molecule has 0 aliphatic rings. The van der Waals surface area contributed by atoms with Crippen molar-refractivity contribution < 1.29 is 9.50 Å². The van der Waals surface area contributed by atoms with Gasteiger partial charge in [0.2, 0.25) is 0 Å². The molecule has 2 atom stereocenters. The first-order chi connectivity index (χ1) is 11.7. The fourth-order valence-electron chi connectivity index (χ4n) is 3.37. The number of aliphatic hydroxyl groups excluding tert-OH is 1. The molecule has 0 amide bonds. The molecular formula is C20H24ClFN2O. The summed E-state index contributed by atoms with van der Waals surface area (Å²) in [5, 5.41) is 14.9. The minimum Gasteiger partial charge on any atom is -0.389 e. The number of nitrogens with zero attached hydrogens (tertiary/aromatic N) is 1. The highest BCUT2D eigenvalue weighted by atomic mass is 35.5. The number of aliphatic hydroxyl groups is 1. The van der Waals surface area contributed by atoms with Gasteiger partial charge >= 0.3 is 0 Å². The number of rotatable bonds is 6. The quantitative estimate of drug-likeness (QED) is 0.697. The Bertz CT molecular complexity index is 833. The van der Waals surface area contributed by atoms with Crippen molar-refractivity contribution in [2.24, 2.45) is 0 Å². The summed E-state index contributed by atoms with van der Waals surface area (Å²) in [6.07, 6.45) is 2.32. The molecule has 0 spiro atoms. The van der Waals surface area contributed by atoms with Crippen LogP contribution in [0.15, 0.2) is 54.7 Å². The predicted molar refractivity (Wildman–Crippen MR) is 103 cm³/mol. The van der Waals surface area contributed by atoms with Gasteiger partial charge < -0.3 is 15.0 Å². The smallest absolute Gasteiger partial charge is 0.123 e. The van der Waals surface area contributed by atoms with Gasteiger partial charge in [-0.2, -0.15) is 0 Å². The number of para-hydroxylation sites is 1. The van der Waals surface area contributed by atoms with Gasteiger partial charge in [0, 0.05) is 23.6 Å². The van der Waals surface area contributed by atoms with Gasteiger partial charge in [0.05, 0.1) is 12.1 Å². The summed E-state index contributed by atoms with van der Waals surface area (Å²) in [7, 11) is 1.80. The Hall–Kier alpha value is -1.88. The first kappa shape index (κ1) is 19.4. The van der Waals surface area contributed by atoms with E-state index in [1.54, 1.807) is 13.1 Å². The lowest BCUT2D eigenvalue weighted by Gasteiger charge is -2.26. The predicted octanol–water partition coefficient (Wildman–Crippen LogP) is 3.93. The van der Waals surface area contributed by atoms with E-state index in [0.29, 0.717) is 6.54 Å². The highest BCUT2D eigenvalue weighted by Crippen LogP contribution is 2.31. The van der Waals surface area contributed by atoms with Gasteiger partial charge in [0.15, 0.2) is 0 Å². The topological polar surface area (TPSA) is 37.2 Å². The third-order valence-corrected chi connectivity index (χ3v) is 4.47. The lowest BCUT2D eigenvalue weighted by atomic mass is 10.0. The zero-order valence-electron chi connectivity index (χ0n) is 14.4.